The van der Waals surface area contributed by atoms with Gasteiger partial charge in [0.1, 0.15) is 5.75 Å². The average molecular weight is 187 g/mol. The van der Waals surface area contributed by atoms with Crippen molar-refractivity contribution in [1.29, 1.82) is 0 Å². The molecule has 1 heterocycles. The third-order valence-corrected chi connectivity index (χ3v) is 1.89. The van der Waals surface area contributed by atoms with E-state index in [2.05, 4.69) is 4.98 Å². The van der Waals surface area contributed by atoms with Crippen LogP contribution < -0.4 is 4.74 Å². The van der Waals surface area contributed by atoms with E-state index in [1.165, 1.54) is 0 Å². The first kappa shape index (κ1) is 8.69. The maximum atomic E-state index is 11.5. The number of rotatable bonds is 2. The minimum atomic E-state index is -0.263. The Morgan fingerprint density at radius 2 is 1.86 bits per heavy atom. The number of hydrogen-bond donors (Lipinski definition) is 0. The van der Waals surface area contributed by atoms with Gasteiger partial charge in [-0.25, -0.2) is 0 Å². The lowest BCUT2D eigenvalue weighted by molar-refractivity contribution is -0.135. The Hall–Kier alpha value is -1.90. The number of aromatic nitrogens is 1. The summed E-state index contributed by atoms with van der Waals surface area (Å²) in [7, 11) is 0. The van der Waals surface area contributed by atoms with Crippen LogP contribution in [0.3, 0.4) is 0 Å². The van der Waals surface area contributed by atoms with Gasteiger partial charge in [-0.05, 0) is 12.1 Å². The highest BCUT2D eigenvalue weighted by Gasteiger charge is 2.16. The maximum Gasteiger partial charge on any atom is 0.322 e. The first-order valence-electron chi connectivity index (χ1n) is 4.33. The van der Waals surface area contributed by atoms with Crippen molar-refractivity contribution in [2.75, 3.05) is 0 Å². The molecular weight excluding hydrogens is 178 g/mol. The Morgan fingerprint density at radius 1 is 1.21 bits per heavy atom. The van der Waals surface area contributed by atoms with Crippen LogP contribution in [0.15, 0.2) is 48.8 Å². The first-order valence-corrected chi connectivity index (χ1v) is 4.33. The van der Waals surface area contributed by atoms with Crippen molar-refractivity contribution < 1.29 is 9.53 Å². The van der Waals surface area contributed by atoms with E-state index in [1.54, 1.807) is 36.7 Å². The second kappa shape index (κ2) is 3.87. The summed E-state index contributed by atoms with van der Waals surface area (Å²) in [6.45, 7) is 0. The average Bonchev–Trinajstić information content (AvgIpc) is 2.72. The number of carbonyl (C=O) groups excluding carboxylic acids is 1. The number of pyridine rings is 1. The fraction of sp³-hybridized carbons (Fsp3) is 0.0909. The van der Waals surface area contributed by atoms with Gasteiger partial charge in [-0.1, -0.05) is 24.3 Å². The molecule has 0 amide bonds. The number of hydrogen-bond acceptors (Lipinski definition) is 3. The Morgan fingerprint density at radius 3 is 2.50 bits per heavy atom. The van der Waals surface area contributed by atoms with Gasteiger partial charge in [0.2, 0.25) is 0 Å². The summed E-state index contributed by atoms with van der Waals surface area (Å²) in [6, 6.07) is 3.31. The Bertz CT molecular complexity index is 370. The van der Waals surface area contributed by atoms with Crippen molar-refractivity contribution >= 4 is 5.97 Å². The van der Waals surface area contributed by atoms with Gasteiger partial charge < -0.3 is 4.74 Å². The molecule has 1 aliphatic carbocycles. The smallest absolute Gasteiger partial charge is 0.322 e. The van der Waals surface area contributed by atoms with E-state index < -0.39 is 0 Å². The molecule has 0 radical (unpaired) electrons. The van der Waals surface area contributed by atoms with Crippen LogP contribution in [0.1, 0.15) is 0 Å². The van der Waals surface area contributed by atoms with Crippen molar-refractivity contribution in [2.24, 2.45) is 5.92 Å². The van der Waals surface area contributed by atoms with Crippen LogP contribution in [0.5, 0.6) is 5.75 Å². The zero-order valence-electron chi connectivity index (χ0n) is 7.46. The van der Waals surface area contributed by atoms with E-state index in [0.717, 1.165) is 0 Å². The molecule has 1 aromatic rings. The van der Waals surface area contributed by atoms with Crippen molar-refractivity contribution in [3.8, 4) is 5.75 Å². The van der Waals surface area contributed by atoms with Gasteiger partial charge in [-0.2, -0.15) is 0 Å². The van der Waals surface area contributed by atoms with Crippen LogP contribution in [0.4, 0.5) is 0 Å². The van der Waals surface area contributed by atoms with E-state index in [9.17, 15) is 4.79 Å². The zero-order chi connectivity index (χ0) is 9.80. The summed E-state index contributed by atoms with van der Waals surface area (Å²) < 4.78 is 5.12. The molecule has 3 nitrogen and oxygen atoms in total. The Labute approximate surface area is 81.7 Å². The van der Waals surface area contributed by atoms with E-state index in [1.807, 2.05) is 12.2 Å². The van der Waals surface area contributed by atoms with E-state index in [4.69, 9.17) is 4.74 Å². The predicted molar refractivity (Wildman–Crippen MR) is 51.6 cm³/mol. The lowest BCUT2D eigenvalue weighted by Crippen LogP contribution is -2.15. The molecule has 2 rings (SSSR count). The Balaban J connectivity index is 2.02. The molecular formula is C11H9NO2. The second-order valence-electron chi connectivity index (χ2n) is 2.90. The normalized spacial score (nSPS) is 14.6. The SMILES string of the molecule is O=C(Oc1ccncc1)C1C=CC=C1. The van der Waals surface area contributed by atoms with Crippen LogP contribution in [0.25, 0.3) is 0 Å². The largest absolute Gasteiger partial charge is 0.426 e. The van der Waals surface area contributed by atoms with Crippen molar-refractivity contribution in [3.63, 3.8) is 0 Å². The molecule has 14 heavy (non-hydrogen) atoms. The molecule has 0 aromatic carbocycles. The lowest BCUT2D eigenvalue weighted by atomic mass is 10.2. The molecule has 1 aromatic heterocycles. The van der Waals surface area contributed by atoms with E-state index >= 15 is 0 Å². The van der Waals surface area contributed by atoms with Gasteiger partial charge in [0.05, 0.1) is 5.92 Å². The Kier molecular flexibility index (Phi) is 2.40. The van der Waals surface area contributed by atoms with Gasteiger partial charge >= 0.3 is 5.97 Å². The minimum Gasteiger partial charge on any atom is -0.426 e. The summed E-state index contributed by atoms with van der Waals surface area (Å²) >= 11 is 0. The van der Waals surface area contributed by atoms with Crippen molar-refractivity contribution in [3.05, 3.63) is 48.8 Å². The van der Waals surface area contributed by atoms with Crippen molar-refractivity contribution in [1.82, 2.24) is 4.98 Å². The summed E-state index contributed by atoms with van der Waals surface area (Å²) in [5.74, 6) is 0.0167. The fourth-order valence-electron chi connectivity index (χ4n) is 1.18. The topological polar surface area (TPSA) is 39.2 Å². The lowest BCUT2D eigenvalue weighted by Gasteiger charge is -2.05. The highest BCUT2D eigenvalue weighted by atomic mass is 16.5. The van der Waals surface area contributed by atoms with Crippen molar-refractivity contribution in [2.45, 2.75) is 0 Å². The number of allylic oxidation sites excluding steroid dienone is 2. The summed E-state index contributed by atoms with van der Waals surface area (Å²) in [5, 5.41) is 0. The van der Waals surface area contributed by atoms with Gasteiger partial charge in [-0.3, -0.25) is 9.78 Å². The van der Waals surface area contributed by atoms with E-state index in [0.29, 0.717) is 5.75 Å². The van der Waals surface area contributed by atoms with Crippen LogP contribution in [-0.2, 0) is 4.79 Å². The van der Waals surface area contributed by atoms with Crippen LogP contribution in [0, 0.1) is 5.92 Å². The minimum absolute atomic E-state index is 0.247. The molecule has 1 aliphatic rings. The highest BCUT2D eigenvalue weighted by Crippen LogP contribution is 2.14. The summed E-state index contributed by atoms with van der Waals surface area (Å²) in [6.07, 6.45) is 10.4. The first-order chi connectivity index (χ1) is 6.86. The number of nitrogens with zero attached hydrogens (tertiary/aromatic N) is 1. The zero-order valence-corrected chi connectivity index (χ0v) is 7.46. The molecule has 0 fully saturated rings. The third kappa shape index (κ3) is 1.88. The molecule has 0 saturated carbocycles. The molecule has 0 spiro atoms. The molecule has 0 aliphatic heterocycles. The van der Waals surface area contributed by atoms with Crippen LogP contribution in [-0.4, -0.2) is 11.0 Å². The molecule has 70 valence electrons. The van der Waals surface area contributed by atoms with Gasteiger partial charge in [-0.15, -0.1) is 0 Å². The quantitative estimate of drug-likeness (QED) is 0.662. The molecule has 0 N–H and O–H groups in total. The second-order valence-corrected chi connectivity index (χ2v) is 2.90. The van der Waals surface area contributed by atoms with Crippen LogP contribution >= 0.6 is 0 Å². The molecule has 0 saturated heterocycles. The van der Waals surface area contributed by atoms with Crippen LogP contribution in [0.2, 0.25) is 0 Å². The maximum absolute atomic E-state index is 11.5. The summed E-state index contributed by atoms with van der Waals surface area (Å²) in [5.41, 5.74) is 0. The standard InChI is InChI=1S/C11H9NO2/c13-11(9-3-1-2-4-9)14-10-5-7-12-8-6-10/h1-9H. The van der Waals surface area contributed by atoms with Gasteiger partial charge in [0, 0.05) is 12.4 Å². The van der Waals surface area contributed by atoms with Gasteiger partial charge in [0.25, 0.3) is 0 Å². The molecule has 0 bridgehead atoms. The van der Waals surface area contributed by atoms with Gasteiger partial charge in [0.15, 0.2) is 0 Å². The number of carbonyl (C=O) groups is 1. The number of esters is 1. The monoisotopic (exact) mass is 187 g/mol. The summed E-state index contributed by atoms with van der Waals surface area (Å²) in [4.78, 5) is 15.3. The third-order valence-electron chi connectivity index (χ3n) is 1.89. The number of ether oxygens (including phenoxy) is 1. The highest BCUT2D eigenvalue weighted by molar-refractivity contribution is 5.79. The molecule has 3 heteroatoms. The predicted octanol–water partition coefficient (Wildman–Crippen LogP) is 1.73. The molecule has 0 atom stereocenters. The fourth-order valence-corrected chi connectivity index (χ4v) is 1.18. The molecule has 0 unspecified atom stereocenters. The van der Waals surface area contributed by atoms with E-state index in [-0.39, 0.29) is 11.9 Å².